The first-order chi connectivity index (χ1) is 29.6. The molecule has 2 aliphatic rings. The van der Waals surface area contributed by atoms with E-state index in [4.69, 9.17) is 16.6 Å². The van der Waals surface area contributed by atoms with Gasteiger partial charge in [-0.25, -0.2) is 4.99 Å². The molecule has 60 heavy (non-hydrogen) atoms. The fraction of sp³-hybridized carbons (Fsp3) is 0.130. The van der Waals surface area contributed by atoms with Crippen molar-refractivity contribution in [2.75, 3.05) is 7.05 Å². The molecule has 3 aromatic heterocycles. The van der Waals surface area contributed by atoms with Crippen LogP contribution in [0, 0.1) is 0 Å². The van der Waals surface area contributed by atoms with E-state index >= 15 is 0 Å². The molecule has 10 aromatic rings. The molecule has 0 bridgehead atoms. The lowest BCUT2D eigenvalue weighted by Crippen LogP contribution is -2.40. The lowest BCUT2D eigenvalue weighted by Gasteiger charge is -2.30. The summed E-state index contributed by atoms with van der Waals surface area (Å²) in [6, 6.07) is 44.9. The molecule has 0 saturated carbocycles. The number of halogens is 1. The molecule has 0 radical (unpaired) electrons. The van der Waals surface area contributed by atoms with Crippen LogP contribution in [0.5, 0.6) is 0 Å². The molecule has 1 atom stereocenters. The Morgan fingerprint density at radius 3 is 2.10 bits per heavy atom. The number of benzene rings is 7. The van der Waals surface area contributed by atoms with Crippen molar-refractivity contribution in [1.82, 2.24) is 9.47 Å². The third-order valence-electron chi connectivity index (χ3n) is 11.5. The van der Waals surface area contributed by atoms with Gasteiger partial charge in [-0.1, -0.05) is 141 Å². The highest BCUT2D eigenvalue weighted by Gasteiger charge is 2.29. The van der Waals surface area contributed by atoms with E-state index < -0.39 is 5.62 Å². The minimum atomic E-state index is -0.488. The van der Waals surface area contributed by atoms with E-state index in [1.807, 2.05) is 43.4 Å². The van der Waals surface area contributed by atoms with Crippen LogP contribution in [0.2, 0.25) is 0 Å². The summed E-state index contributed by atoms with van der Waals surface area (Å²) in [6.45, 7) is 15.2. The van der Waals surface area contributed by atoms with E-state index in [1.54, 1.807) is 6.08 Å². The molecule has 296 valence electrons. The van der Waals surface area contributed by atoms with Gasteiger partial charge in [-0.05, 0) is 71.3 Å². The lowest BCUT2D eigenvalue weighted by molar-refractivity contribution is 0.438. The SMILES string of the molecule is C=C.C=CC.CC.CN1C(c2ccc(-n3c4ccc5ccccc5c4c4c5ccccc5c5sc6ccccc6c5c43)c3c2C=CCC3)=c2sc3ccccc3c2=NC1Cl. The summed E-state index contributed by atoms with van der Waals surface area (Å²) in [5.41, 5.74) is 8.29. The molecule has 3 nitrogen and oxygen atoms in total. The molecule has 0 fully saturated rings. The normalized spacial score (nSPS) is 14.3. The number of alkyl halides is 1. The summed E-state index contributed by atoms with van der Waals surface area (Å²) in [5, 5.41) is 12.6. The van der Waals surface area contributed by atoms with Crippen LogP contribution in [0.4, 0.5) is 0 Å². The zero-order valence-corrected chi connectivity index (χ0v) is 36.8. The number of thiophene rings is 2. The van der Waals surface area contributed by atoms with E-state index in [0.717, 1.165) is 23.9 Å². The molecule has 7 aromatic carbocycles. The van der Waals surface area contributed by atoms with Crippen molar-refractivity contribution >= 4 is 120 Å². The molecule has 0 amide bonds. The molecule has 0 N–H and O–H groups in total. The highest BCUT2D eigenvalue weighted by molar-refractivity contribution is 7.27. The van der Waals surface area contributed by atoms with Gasteiger partial charge in [-0.3, -0.25) is 0 Å². The van der Waals surface area contributed by atoms with Crippen molar-refractivity contribution in [3.63, 3.8) is 0 Å². The average Bonchev–Trinajstić information content (AvgIpc) is 3.98. The largest absolute Gasteiger partial charge is 0.339 e. The van der Waals surface area contributed by atoms with Gasteiger partial charge < -0.3 is 9.47 Å². The maximum atomic E-state index is 7.03. The molecule has 0 spiro atoms. The first kappa shape index (κ1) is 39.5. The Morgan fingerprint density at radius 2 is 1.35 bits per heavy atom. The number of rotatable bonds is 2. The third kappa shape index (κ3) is 5.94. The van der Waals surface area contributed by atoms with Gasteiger partial charge in [0.25, 0.3) is 0 Å². The molecule has 0 saturated heterocycles. The molecule has 1 unspecified atom stereocenters. The van der Waals surface area contributed by atoms with Crippen LogP contribution in [0.1, 0.15) is 43.9 Å². The number of fused-ring (bicyclic) bond motifs is 16. The first-order valence-corrected chi connectivity index (χ1v) is 22.7. The van der Waals surface area contributed by atoms with Crippen molar-refractivity contribution < 1.29 is 0 Å². The fourth-order valence-electron chi connectivity index (χ4n) is 9.22. The number of hydrogen-bond donors (Lipinski definition) is 0. The summed E-state index contributed by atoms with van der Waals surface area (Å²) in [5.74, 6) is 0. The van der Waals surface area contributed by atoms with Gasteiger partial charge in [0, 0.05) is 59.0 Å². The van der Waals surface area contributed by atoms with Gasteiger partial charge in [-0.15, -0.1) is 42.4 Å². The summed E-state index contributed by atoms with van der Waals surface area (Å²) in [6.07, 6.45) is 8.39. The second-order valence-corrected chi connectivity index (χ2v) is 17.1. The number of aromatic nitrogens is 1. The molecule has 12 rings (SSSR count). The minimum Gasteiger partial charge on any atom is -0.339 e. The van der Waals surface area contributed by atoms with Crippen molar-refractivity contribution in [3.8, 4) is 5.69 Å². The van der Waals surface area contributed by atoms with Crippen LogP contribution in [0.15, 0.2) is 158 Å². The highest BCUT2D eigenvalue weighted by Crippen LogP contribution is 2.50. The quantitative estimate of drug-likeness (QED) is 0.0965. The monoisotopic (exact) mass is 835 g/mol. The highest BCUT2D eigenvalue weighted by atomic mass is 35.5. The van der Waals surface area contributed by atoms with E-state index in [1.165, 1.54) is 101 Å². The van der Waals surface area contributed by atoms with Crippen LogP contribution in [0.25, 0.3) is 91.1 Å². The Balaban J connectivity index is 0.000000626. The Labute approximate surface area is 363 Å². The van der Waals surface area contributed by atoms with E-state index in [-0.39, 0.29) is 0 Å². The van der Waals surface area contributed by atoms with Crippen LogP contribution in [-0.2, 0) is 6.42 Å². The molecule has 1 aliphatic heterocycles. The maximum Gasteiger partial charge on any atom is 0.198 e. The van der Waals surface area contributed by atoms with Crippen molar-refractivity contribution in [1.29, 1.82) is 0 Å². The van der Waals surface area contributed by atoms with E-state index in [0.29, 0.717) is 0 Å². The smallest absolute Gasteiger partial charge is 0.198 e. The van der Waals surface area contributed by atoms with Crippen molar-refractivity contribution in [2.45, 2.75) is 39.2 Å². The Hall–Kier alpha value is -5.98. The molecule has 6 heteroatoms. The van der Waals surface area contributed by atoms with Gasteiger partial charge in [-0.2, -0.15) is 0 Å². The topological polar surface area (TPSA) is 20.5 Å². The Kier molecular flexibility index (Phi) is 10.7. The van der Waals surface area contributed by atoms with E-state index in [9.17, 15) is 0 Å². The number of hydrogen-bond acceptors (Lipinski definition) is 4. The molecular weight excluding hydrogens is 790 g/mol. The molecule has 4 heterocycles. The van der Waals surface area contributed by atoms with Crippen LogP contribution < -0.4 is 9.89 Å². The number of allylic oxidation sites excluding steroid dienone is 2. The Bertz CT molecular complexity index is 3470. The average molecular weight is 837 g/mol. The van der Waals surface area contributed by atoms with Gasteiger partial charge in [0.2, 0.25) is 0 Å². The number of nitrogens with zero attached hydrogens (tertiary/aromatic N) is 3. The minimum absolute atomic E-state index is 0.488. The van der Waals surface area contributed by atoms with Gasteiger partial charge >= 0.3 is 0 Å². The van der Waals surface area contributed by atoms with E-state index in [2.05, 4.69) is 170 Å². The zero-order valence-electron chi connectivity index (χ0n) is 34.4. The predicted molar refractivity (Wildman–Crippen MR) is 267 cm³/mol. The van der Waals surface area contributed by atoms with Crippen LogP contribution in [-0.4, -0.2) is 22.1 Å². The summed E-state index contributed by atoms with van der Waals surface area (Å²) in [7, 11) is 2.08. The molecular formula is C54H46ClN3S2. The van der Waals surface area contributed by atoms with Gasteiger partial charge in [0.1, 0.15) is 0 Å². The van der Waals surface area contributed by atoms with Gasteiger partial charge in [0.15, 0.2) is 5.62 Å². The standard InChI is InChI=1S/C47H30ClN3S2.C3H6.C2H6.C2H4/c1-50-43(46-42(49-47(50)48)34-19-9-11-21-38(34)53-46)31-23-25-35(29-15-5-4-14-28(29)31)51-36-24-22-26-12-2-3-13-27(26)39(36)40-30-16-6-7-17-32(30)45-41(44(40)51)33-18-8-10-20-37(33)52-45;1-3-2;2*1-2/h2-4,6-14,16-25,47H,5,15H2,1H3;3H,1H2,2H3;1-2H3;1-2H2. The van der Waals surface area contributed by atoms with Crippen molar-refractivity contribution in [2.24, 2.45) is 4.99 Å². The second-order valence-electron chi connectivity index (χ2n) is 14.6. The van der Waals surface area contributed by atoms with Crippen LogP contribution >= 0.6 is 34.3 Å². The van der Waals surface area contributed by atoms with Crippen LogP contribution in [0.3, 0.4) is 0 Å². The summed E-state index contributed by atoms with van der Waals surface area (Å²) in [4.78, 5) is 7.14. The zero-order chi connectivity index (χ0) is 41.7. The summed E-state index contributed by atoms with van der Waals surface area (Å²) >= 11 is 10.8. The molecule has 1 aliphatic carbocycles. The van der Waals surface area contributed by atoms with Crippen molar-refractivity contribution in [3.05, 3.63) is 180 Å². The second kappa shape index (κ2) is 16.2. The first-order valence-electron chi connectivity index (χ1n) is 20.6. The predicted octanol–water partition coefficient (Wildman–Crippen LogP) is 14.9. The summed E-state index contributed by atoms with van der Waals surface area (Å²) < 4.78 is 7.70. The third-order valence-corrected chi connectivity index (χ3v) is 14.3. The van der Waals surface area contributed by atoms with Gasteiger partial charge in [0.05, 0.1) is 32.3 Å². The fourth-order valence-corrected chi connectivity index (χ4v) is 11.9. The lowest BCUT2D eigenvalue weighted by atomic mass is 9.89. The maximum absolute atomic E-state index is 7.03. The Morgan fingerprint density at radius 1 is 0.717 bits per heavy atom.